The molecule has 2 aromatic carbocycles. The minimum absolute atomic E-state index is 0.00294. The summed E-state index contributed by atoms with van der Waals surface area (Å²) < 4.78 is 43.7. The summed E-state index contributed by atoms with van der Waals surface area (Å²) >= 11 is 0. The molecule has 11 heterocycles. The second-order valence-electron chi connectivity index (χ2n) is 36.7. The highest BCUT2D eigenvalue weighted by Gasteiger charge is 2.54. The van der Waals surface area contributed by atoms with E-state index in [1.807, 2.05) is 81.8 Å². The molecule has 16 atom stereocenters. The smallest absolute Gasteiger partial charge is 0.407 e. The van der Waals surface area contributed by atoms with Gasteiger partial charge < -0.3 is 95.2 Å². The number of rotatable bonds is 21. The third-order valence-electron chi connectivity index (χ3n) is 27.3. The number of ether oxygens (including phenoxy) is 6. The first kappa shape index (κ1) is 98.2. The molecule has 39 nitrogen and oxygen atoms in total. The molecule has 7 aliphatic rings. The molecule has 134 heavy (non-hydrogen) atoms. The van der Waals surface area contributed by atoms with E-state index in [1.54, 1.807) is 71.7 Å². The number of piperidine rings is 1. The minimum atomic E-state index is -2.52. The largest absolute Gasteiger partial charge is 0.459 e. The number of hydrogen-bond acceptors (Lipinski definition) is 32. The van der Waals surface area contributed by atoms with Gasteiger partial charge in [-0.15, -0.1) is 0 Å². The lowest BCUT2D eigenvalue weighted by Crippen LogP contribution is -2.61. The number of carbonyl (C=O) groups excluding carboxylic acids is 7. The third kappa shape index (κ3) is 23.9. The van der Waals surface area contributed by atoms with Crippen molar-refractivity contribution in [2.75, 3.05) is 121 Å². The number of benzene rings is 2. The van der Waals surface area contributed by atoms with Gasteiger partial charge in [0.1, 0.15) is 53.8 Å². The first-order chi connectivity index (χ1) is 64.5. The average molecular weight is 1850 g/mol. The van der Waals surface area contributed by atoms with Crippen molar-refractivity contribution in [3.05, 3.63) is 153 Å². The normalized spacial score (nSPS) is 28.1. The zero-order valence-corrected chi connectivity index (χ0v) is 77.5. The van der Waals surface area contributed by atoms with E-state index in [-0.39, 0.29) is 80.4 Å². The minimum Gasteiger partial charge on any atom is -0.459 e. The molecule has 0 spiro atoms. The summed E-state index contributed by atoms with van der Waals surface area (Å²) in [5.41, 5.74) is 38.0. The number of cyclic esters (lactones) is 1. The number of esters is 1. The van der Waals surface area contributed by atoms with E-state index in [0.29, 0.717) is 193 Å². The van der Waals surface area contributed by atoms with Gasteiger partial charge in [-0.1, -0.05) is 87.5 Å². The van der Waals surface area contributed by atoms with Crippen molar-refractivity contribution in [1.29, 1.82) is 0 Å². The Kier molecular flexibility index (Phi) is 33.0. The van der Waals surface area contributed by atoms with Gasteiger partial charge in [0.15, 0.2) is 17.0 Å². The molecule has 5 fully saturated rings. The van der Waals surface area contributed by atoms with Crippen LogP contribution in [0, 0.1) is 29.6 Å². The number of piperazine rings is 2. The number of alkyl carbamates (subject to hydrolysis) is 1. The maximum atomic E-state index is 14.9. The van der Waals surface area contributed by atoms with Crippen LogP contribution in [0.4, 0.5) is 28.5 Å². The Morgan fingerprint density at radius 1 is 0.754 bits per heavy atom. The van der Waals surface area contributed by atoms with Gasteiger partial charge in [0.25, 0.3) is 23.6 Å². The van der Waals surface area contributed by atoms with E-state index in [9.17, 15) is 54.4 Å². The van der Waals surface area contributed by atoms with Gasteiger partial charge in [0.2, 0.25) is 23.6 Å². The molecule has 1 saturated carbocycles. The number of Topliss-reactive ketones (excluding diaryl/α,β-unsaturated/α-hetero) is 2. The first-order valence-electron chi connectivity index (χ1n) is 46.6. The Morgan fingerprint density at radius 3 is 2.24 bits per heavy atom. The van der Waals surface area contributed by atoms with Crippen LogP contribution in [-0.4, -0.2) is 287 Å². The molecule has 4 saturated heterocycles. The topological polar surface area (TPSA) is 515 Å². The van der Waals surface area contributed by atoms with Crippen LogP contribution < -0.4 is 32.3 Å². The number of amides is 4. The molecule has 5 aromatic heterocycles. The summed E-state index contributed by atoms with van der Waals surface area (Å²) in [5.74, 6) is -7.43. The van der Waals surface area contributed by atoms with Crippen molar-refractivity contribution in [3.8, 4) is 11.3 Å². The second kappa shape index (κ2) is 45.0. The maximum Gasteiger partial charge on any atom is 0.407 e. The number of nitrogens with two attached hydrogens (primary N) is 3. The van der Waals surface area contributed by atoms with Gasteiger partial charge >= 0.3 is 12.1 Å². The van der Waals surface area contributed by atoms with Crippen LogP contribution in [-0.2, 0) is 78.4 Å². The molecular formula is C95H126N22O17. The Hall–Kier alpha value is -11.8. The van der Waals surface area contributed by atoms with Crippen LogP contribution in [0.15, 0.2) is 125 Å². The number of nitrogen functional groups attached to an aromatic ring is 2. The Morgan fingerprint density at radius 2 is 1.50 bits per heavy atom. The molecular weight excluding hydrogens is 1720 g/mol. The number of azide groups is 1. The van der Waals surface area contributed by atoms with Gasteiger partial charge in [-0.25, -0.2) is 44.2 Å². The summed E-state index contributed by atoms with van der Waals surface area (Å²) in [6.45, 7) is 18.3. The summed E-state index contributed by atoms with van der Waals surface area (Å²) in [6.07, 6.45) is 15.9. The predicted octanol–water partition coefficient (Wildman–Crippen LogP) is 8.08. The number of aliphatic hydroxyl groups excluding tert-OH is 2. The monoisotopic (exact) mass is 1850 g/mol. The second-order valence-corrected chi connectivity index (χ2v) is 36.7. The number of carbonyl (C=O) groups is 7. The highest BCUT2D eigenvalue weighted by molar-refractivity contribution is 6.39. The number of aromatic nitrogens is 9. The molecule has 14 rings (SSSR count). The van der Waals surface area contributed by atoms with Crippen LogP contribution >= 0.6 is 0 Å². The fraction of sp³-hybridized carbons (Fsp3) is 0.568. The zero-order chi connectivity index (χ0) is 95.0. The van der Waals surface area contributed by atoms with Crippen LogP contribution in [0.3, 0.4) is 0 Å². The maximum absolute atomic E-state index is 14.9. The zero-order valence-electron chi connectivity index (χ0n) is 77.5. The summed E-state index contributed by atoms with van der Waals surface area (Å²) in [7, 11) is 3.07. The Labute approximate surface area is 778 Å². The summed E-state index contributed by atoms with van der Waals surface area (Å²) in [6, 6.07) is 8.65. The van der Waals surface area contributed by atoms with Crippen molar-refractivity contribution in [1.82, 2.24) is 69.6 Å². The number of fused-ring (bicyclic) bond motifs is 6. The van der Waals surface area contributed by atoms with Crippen molar-refractivity contribution < 1.29 is 81.7 Å². The molecule has 7 aromatic rings. The molecule has 39 heteroatoms. The number of nitrogens with zero attached hydrogens (tertiary/aromatic N) is 18. The lowest BCUT2D eigenvalue weighted by molar-refractivity contribution is -0.265. The SMILES string of the molecule is CO[C@H]1C[C@@H]2CC[C@@H](C)[C@@](O)(O2)C(=O)C(=O)N2CCCC[C@H]2C(=O)O[C@H]([C@H](N)C[C@@H]2CC[C@@H](OC(=O)NCc3cnc(N4CCN(C(=O)CCOCCN5CCN(c6ncc(C(=O)N7CCc8cc(Cn9nc(-c%10ccc%11oc(N)nc%11c%10)c%10c(N)ncnc%109)ccc8C7)cn6)CC5)CC4)nc3)[C@H](OC)C2)CC(N=[N+]=[N-])[C@H](C)/C=C(\C)[C@@H](O)[C@@H](O)C(=O)[C@H](C)C[C@H](C)/C=C/C=C/C=C/1C. The van der Waals surface area contributed by atoms with Crippen molar-refractivity contribution in [3.63, 3.8) is 0 Å². The fourth-order valence-corrected chi connectivity index (χ4v) is 19.3. The van der Waals surface area contributed by atoms with Gasteiger partial charge in [0, 0.05) is 170 Å². The average Bonchev–Trinajstić information content (AvgIpc) is 1.61. The molecule has 6 aliphatic heterocycles. The number of ketones is 2. The molecule has 1 aliphatic carbocycles. The van der Waals surface area contributed by atoms with Gasteiger partial charge in [-0.05, 0) is 160 Å². The third-order valence-corrected chi connectivity index (χ3v) is 27.3. The van der Waals surface area contributed by atoms with E-state index in [1.165, 1.54) is 13.4 Å². The number of hydrogen-bond donors (Lipinski definition) is 7. The fourth-order valence-electron chi connectivity index (χ4n) is 19.3. The molecule has 4 amide bonds. The summed E-state index contributed by atoms with van der Waals surface area (Å²) in [5, 5.41) is 47.6. The van der Waals surface area contributed by atoms with Crippen molar-refractivity contribution in [2.45, 2.75) is 218 Å². The number of anilines is 4. The number of nitrogens with one attached hydrogen (secondary N) is 1. The molecule has 1 unspecified atom stereocenters. The van der Waals surface area contributed by atoms with E-state index in [4.69, 9.17) is 55.1 Å². The molecule has 2 bridgehead atoms. The van der Waals surface area contributed by atoms with E-state index >= 15 is 0 Å². The van der Waals surface area contributed by atoms with E-state index in [2.05, 4.69) is 72.2 Å². The number of allylic oxidation sites excluding steroid dienone is 5. The van der Waals surface area contributed by atoms with Gasteiger partial charge in [-0.3, -0.25) is 28.9 Å². The van der Waals surface area contributed by atoms with Crippen LogP contribution in [0.5, 0.6) is 0 Å². The van der Waals surface area contributed by atoms with Crippen LogP contribution in [0.2, 0.25) is 0 Å². The highest BCUT2D eigenvalue weighted by Crippen LogP contribution is 2.40. The highest BCUT2D eigenvalue weighted by atomic mass is 16.6. The van der Waals surface area contributed by atoms with Gasteiger partial charge in [0.05, 0.1) is 55.4 Å². The number of aliphatic hydroxyl groups is 3. The van der Waals surface area contributed by atoms with Gasteiger partial charge in [-0.2, -0.15) is 10.1 Å². The summed E-state index contributed by atoms with van der Waals surface area (Å²) in [4.78, 5) is 145. The lowest BCUT2D eigenvalue weighted by Gasteiger charge is -2.43. The lowest BCUT2D eigenvalue weighted by atomic mass is 9.80. The van der Waals surface area contributed by atoms with Crippen LogP contribution in [0.25, 0.3) is 43.8 Å². The molecule has 0 radical (unpaired) electrons. The number of methoxy groups -OCH3 is 2. The van der Waals surface area contributed by atoms with Crippen molar-refractivity contribution in [2.24, 2.45) is 40.4 Å². The Balaban J connectivity index is 0.503. The quantitative estimate of drug-likeness (QED) is 0.00679. The van der Waals surface area contributed by atoms with E-state index < -0.39 is 114 Å². The standard InChI is InChI=1S/C95H126N22O17/c1-56-14-10-9-11-15-57(2)76(128-7)46-69-22-17-61(6)95(127,134-69)85(122)89(124)116-27-13-12-16-73(116)90(125)131-77(47-71(108-110-99)58(3)41-60(5)83(120)84(121)82(119)59(4)40-56)70(96)43-62-19-23-75(78(44-62)129-8)133-94(126)104-50-64-48-100-92(101-49-64)114-35-33-112(34-36-114)79(118)26-38-130-39-37-111-29-31-113(32-30-111)93-102-51-68(52-103-93)88(123)115-28-25-65-42-63(18-20-67(65)54-115)53-117-87-80(86(97)105-55-106-87)81(109-117)66-21-24-74-72(45-66)107-91(98)132-74/h9-11,14-15,18,20-21,24,41-42,45,48-49,51-52,55-56,58-59,61-62,69-71,73,75-78,83-84,120-121,127H,12-13,16-17,19,22-23,25-40,43-44,46-47,50,53-54,96H2,1-8H3,(H2,98,107)(H,104,126)(H2,97,105,106)/b11-9+,14-10+,57-15+,60-41+/t56-,58-,59-,61-,62+,69+,70-,71?,73+,75-,76+,77+,78-,83-,84+,95-/m1/s1. The first-order valence-corrected chi connectivity index (χ1v) is 46.6. The number of oxazole rings is 1. The molecule has 10 N–H and O–H groups in total. The predicted molar refractivity (Wildman–Crippen MR) is 496 cm³/mol. The van der Waals surface area contributed by atoms with Crippen LogP contribution in [0.1, 0.15) is 158 Å². The Bertz CT molecular complexity index is 5480. The van der Waals surface area contributed by atoms with Crippen molar-refractivity contribution >= 4 is 87.2 Å². The van der Waals surface area contributed by atoms with E-state index in [0.717, 1.165) is 45.8 Å². The molecule has 718 valence electrons.